The van der Waals surface area contributed by atoms with Crippen molar-refractivity contribution >= 4 is 23.5 Å². The molecule has 0 aliphatic rings. The van der Waals surface area contributed by atoms with Crippen LogP contribution in [0.4, 0.5) is 26.3 Å². The van der Waals surface area contributed by atoms with Crippen LogP contribution in [0.1, 0.15) is 19.3 Å². The van der Waals surface area contributed by atoms with Gasteiger partial charge in [0.05, 0.1) is 6.42 Å². The van der Waals surface area contributed by atoms with Gasteiger partial charge >= 0.3 is 30.0 Å². The van der Waals surface area contributed by atoms with Crippen molar-refractivity contribution in [3.05, 3.63) is 0 Å². The van der Waals surface area contributed by atoms with Crippen LogP contribution in [0.15, 0.2) is 0 Å². The molecule has 0 N–H and O–H groups in total. The van der Waals surface area contributed by atoms with Gasteiger partial charge in [-0.1, -0.05) is 0 Å². The summed E-state index contributed by atoms with van der Waals surface area (Å²) in [5.41, 5.74) is 0. The van der Waals surface area contributed by atoms with Gasteiger partial charge in [-0.05, 0) is 12.8 Å². The van der Waals surface area contributed by atoms with Crippen LogP contribution in [0, 0.1) is 5.92 Å². The Morgan fingerprint density at radius 3 is 1.30 bits per heavy atom. The first-order chi connectivity index (χ1) is 15.2. The van der Waals surface area contributed by atoms with Gasteiger partial charge in [0.25, 0.3) is 0 Å². The first-order valence-corrected chi connectivity index (χ1v) is 13.8. The fraction of sp³-hybridized carbons (Fsp3) is 0.941. The fourth-order valence-electron chi connectivity index (χ4n) is 3.21. The van der Waals surface area contributed by atoms with E-state index in [0.717, 1.165) is 4.90 Å². The molecule has 0 aliphatic carbocycles. The molecule has 0 saturated heterocycles. The molecule has 198 valence electrons. The minimum absolute atomic E-state index is 0.0888. The summed E-state index contributed by atoms with van der Waals surface area (Å²) in [6.07, 6.45) is -12.7. The van der Waals surface area contributed by atoms with Crippen molar-refractivity contribution in [2.24, 2.45) is 5.92 Å². The molecular weight excluding hydrogens is 500 g/mol. The van der Waals surface area contributed by atoms with Gasteiger partial charge in [-0.3, -0.25) is 4.79 Å². The molecule has 0 spiro atoms. The fourth-order valence-corrected chi connectivity index (χ4v) is 6.62. The summed E-state index contributed by atoms with van der Waals surface area (Å²) in [5, 5.41) is 0. The van der Waals surface area contributed by atoms with Crippen molar-refractivity contribution in [3.8, 4) is 0 Å². The van der Waals surface area contributed by atoms with Gasteiger partial charge in [0, 0.05) is 67.8 Å². The predicted molar refractivity (Wildman–Crippen MR) is 109 cm³/mol. The quantitative estimate of drug-likeness (QED) is 0.222. The van der Waals surface area contributed by atoms with Crippen molar-refractivity contribution < 1.29 is 57.7 Å². The van der Waals surface area contributed by atoms with Crippen molar-refractivity contribution in [1.82, 2.24) is 4.90 Å². The molecule has 1 unspecified atom stereocenters. The molecule has 0 aromatic carbocycles. The third-order valence-electron chi connectivity index (χ3n) is 5.13. The number of hydrogen-bond acceptors (Lipinski definition) is 7. The Kier molecular flexibility index (Phi) is 13.6. The lowest BCUT2D eigenvalue weighted by Crippen LogP contribution is -2.47. The maximum atomic E-state index is 13.4. The molecule has 16 heteroatoms. The van der Waals surface area contributed by atoms with E-state index in [4.69, 9.17) is 26.6 Å². The molecule has 1 amide bonds. The van der Waals surface area contributed by atoms with E-state index in [2.05, 4.69) is 0 Å². The molecule has 1 atom stereocenters. The molecule has 0 aliphatic heterocycles. The second-order valence-electron chi connectivity index (χ2n) is 7.04. The topological polar surface area (TPSA) is 75.7 Å². The van der Waals surface area contributed by atoms with E-state index in [0.29, 0.717) is 0 Å². The summed E-state index contributed by atoms with van der Waals surface area (Å²) < 4.78 is 110. The average Bonchev–Trinajstić information content (AvgIpc) is 2.75. The lowest BCUT2D eigenvalue weighted by atomic mass is 10.0. The lowest BCUT2D eigenvalue weighted by Gasteiger charge is -2.31. The number of alkyl halides is 6. The molecule has 0 rings (SSSR count). The highest BCUT2D eigenvalue weighted by Gasteiger charge is 2.52. The molecular formula is C17H33F6NO7Si2. The Bertz CT molecular complexity index is 533. The molecule has 0 bridgehead atoms. The second kappa shape index (κ2) is 14.0. The minimum atomic E-state index is -5.36. The van der Waals surface area contributed by atoms with Crippen LogP contribution in [0.2, 0.25) is 12.1 Å². The average molecular weight is 534 g/mol. The van der Waals surface area contributed by atoms with Crippen LogP contribution in [0.5, 0.6) is 0 Å². The summed E-state index contributed by atoms with van der Waals surface area (Å²) in [6.45, 7) is -0.509. The van der Waals surface area contributed by atoms with Gasteiger partial charge in [0.15, 0.2) is 0 Å². The van der Waals surface area contributed by atoms with E-state index >= 15 is 0 Å². The van der Waals surface area contributed by atoms with E-state index in [9.17, 15) is 31.1 Å². The van der Waals surface area contributed by atoms with Crippen molar-refractivity contribution in [3.63, 3.8) is 0 Å². The van der Waals surface area contributed by atoms with Crippen LogP contribution >= 0.6 is 0 Å². The van der Waals surface area contributed by atoms with Crippen molar-refractivity contribution in [2.75, 3.05) is 55.7 Å². The Balaban J connectivity index is 5.62. The summed E-state index contributed by atoms with van der Waals surface area (Å²) >= 11 is 0. The molecule has 0 fully saturated rings. The zero-order valence-corrected chi connectivity index (χ0v) is 21.6. The zero-order valence-electron chi connectivity index (χ0n) is 19.6. The monoisotopic (exact) mass is 533 g/mol. The SMILES string of the molecule is CO[Si](CCCN(CCC[Si](OC)(OC)OC)C(=O)C(CC(F)(F)F)C(F)(F)F)(OC)OC. The number of amides is 1. The molecule has 0 radical (unpaired) electrons. The number of hydrogen-bond donors (Lipinski definition) is 0. The normalized spacial score (nSPS) is 14.4. The van der Waals surface area contributed by atoms with Crippen LogP contribution in [-0.4, -0.2) is 96.5 Å². The van der Waals surface area contributed by atoms with Crippen molar-refractivity contribution in [2.45, 2.75) is 43.7 Å². The largest absolute Gasteiger partial charge is 0.500 e. The highest BCUT2D eigenvalue weighted by Crippen LogP contribution is 2.37. The summed E-state index contributed by atoms with van der Waals surface area (Å²) in [5.74, 6) is -4.86. The van der Waals surface area contributed by atoms with E-state index < -0.39 is 48.2 Å². The third-order valence-corrected chi connectivity index (χ3v) is 10.8. The minimum Gasteiger partial charge on any atom is -0.377 e. The number of carbonyl (C=O) groups is 1. The number of rotatable bonds is 16. The van der Waals surface area contributed by atoms with Crippen LogP contribution < -0.4 is 0 Å². The number of nitrogens with zero attached hydrogens (tertiary/aromatic N) is 1. The zero-order chi connectivity index (χ0) is 25.9. The molecule has 0 heterocycles. The molecule has 0 aromatic heterocycles. The Morgan fingerprint density at radius 2 is 1.06 bits per heavy atom. The second-order valence-corrected chi connectivity index (χ2v) is 13.2. The third kappa shape index (κ3) is 10.6. The smallest absolute Gasteiger partial charge is 0.377 e. The van der Waals surface area contributed by atoms with Crippen LogP contribution in [0.25, 0.3) is 0 Å². The number of carbonyl (C=O) groups excluding carboxylic acids is 1. The van der Waals surface area contributed by atoms with Crippen LogP contribution in [0.3, 0.4) is 0 Å². The summed E-state index contributed by atoms with van der Waals surface area (Å²) in [7, 11) is 1.87. The summed E-state index contributed by atoms with van der Waals surface area (Å²) in [6, 6.07) is 0.284. The highest BCUT2D eigenvalue weighted by atomic mass is 28.4. The molecule has 0 saturated carbocycles. The van der Waals surface area contributed by atoms with Gasteiger partial charge in [0.2, 0.25) is 5.91 Å². The van der Waals surface area contributed by atoms with E-state index in [1.807, 2.05) is 0 Å². The Labute approximate surface area is 192 Å². The van der Waals surface area contributed by atoms with Crippen molar-refractivity contribution in [1.29, 1.82) is 0 Å². The van der Waals surface area contributed by atoms with Gasteiger partial charge in [0.1, 0.15) is 5.92 Å². The standard InChI is InChI=1S/C17H33F6NO7Si2/c1-26-32(27-2,28-3)11-7-9-24(10-8-12-33(29-4,30-5)31-6)15(25)14(17(21,22)23)13-16(18,19)20/h14H,7-13H2,1-6H3. The maximum Gasteiger partial charge on any atom is 0.500 e. The lowest BCUT2D eigenvalue weighted by molar-refractivity contribution is -0.222. The van der Waals surface area contributed by atoms with Gasteiger partial charge in [-0.15, -0.1) is 0 Å². The predicted octanol–water partition coefficient (Wildman–Crippen LogP) is 3.48. The molecule has 0 aromatic rings. The maximum absolute atomic E-state index is 13.4. The van der Waals surface area contributed by atoms with Gasteiger partial charge in [-0.25, -0.2) is 0 Å². The van der Waals surface area contributed by atoms with E-state index in [-0.39, 0.29) is 38.0 Å². The first-order valence-electron chi connectivity index (χ1n) is 9.91. The van der Waals surface area contributed by atoms with Crippen LogP contribution in [-0.2, 0) is 31.4 Å². The van der Waals surface area contributed by atoms with E-state index in [1.54, 1.807) is 0 Å². The highest BCUT2D eigenvalue weighted by molar-refractivity contribution is 6.60. The summed E-state index contributed by atoms with van der Waals surface area (Å²) in [4.78, 5) is 13.4. The van der Waals surface area contributed by atoms with E-state index in [1.165, 1.54) is 42.7 Å². The van der Waals surface area contributed by atoms with Gasteiger partial charge < -0.3 is 31.5 Å². The number of halogens is 6. The first kappa shape index (κ1) is 32.2. The Morgan fingerprint density at radius 1 is 0.727 bits per heavy atom. The van der Waals surface area contributed by atoms with Gasteiger partial charge in [-0.2, -0.15) is 26.3 Å². The molecule has 33 heavy (non-hydrogen) atoms. The Hall–Kier alpha value is -0.756. The molecule has 8 nitrogen and oxygen atoms in total.